The molecule has 1 unspecified atom stereocenters. The summed E-state index contributed by atoms with van der Waals surface area (Å²) >= 11 is 0. The molecular formula is C28H38N2O6S. The molecular weight excluding hydrogens is 492 g/mol. The first kappa shape index (κ1) is 28.8. The molecule has 2 aromatic rings. The van der Waals surface area contributed by atoms with Gasteiger partial charge < -0.3 is 25.7 Å². The van der Waals surface area contributed by atoms with Gasteiger partial charge >= 0.3 is 5.97 Å². The molecule has 202 valence electrons. The molecule has 3 rings (SSSR count). The predicted molar refractivity (Wildman–Crippen MR) is 146 cm³/mol. The molecule has 4 N–H and O–H groups in total. The summed E-state index contributed by atoms with van der Waals surface area (Å²) in [5, 5.41) is 0. The van der Waals surface area contributed by atoms with Crippen LogP contribution in [0.3, 0.4) is 0 Å². The molecule has 0 saturated heterocycles. The van der Waals surface area contributed by atoms with Crippen molar-refractivity contribution in [3.63, 3.8) is 0 Å². The number of rotatable bonds is 14. The molecule has 37 heavy (non-hydrogen) atoms. The van der Waals surface area contributed by atoms with Gasteiger partial charge in [0.2, 0.25) is 0 Å². The zero-order valence-electron chi connectivity index (χ0n) is 21.5. The molecule has 8 nitrogen and oxygen atoms in total. The molecule has 0 bridgehead atoms. The van der Waals surface area contributed by atoms with E-state index >= 15 is 0 Å². The maximum atomic E-state index is 12.2. The third kappa shape index (κ3) is 8.67. The van der Waals surface area contributed by atoms with E-state index in [1.165, 1.54) is 22.3 Å². The first-order valence-corrected chi connectivity index (χ1v) is 14.5. The van der Waals surface area contributed by atoms with Gasteiger partial charge in [-0.1, -0.05) is 49.4 Å². The highest BCUT2D eigenvalue weighted by Gasteiger charge is 2.32. The van der Waals surface area contributed by atoms with Gasteiger partial charge in [0.05, 0.1) is 24.7 Å². The Hall–Kier alpha value is -2.72. The van der Waals surface area contributed by atoms with Gasteiger partial charge in [-0.2, -0.15) is 0 Å². The number of ether oxygens (including phenoxy) is 3. The lowest BCUT2D eigenvalue weighted by Crippen LogP contribution is -2.54. The summed E-state index contributed by atoms with van der Waals surface area (Å²) in [6.45, 7) is 2.01. The second kappa shape index (κ2) is 13.7. The SMILES string of the molecule is CCC(N)(CN)C(=O)OCCS(=O)(=O)CCOCCOc1ccc2c(c1)CCCC(c1ccccc1)=C2. The third-order valence-corrected chi connectivity index (χ3v) is 8.12. The smallest absolute Gasteiger partial charge is 0.327 e. The summed E-state index contributed by atoms with van der Waals surface area (Å²) in [4.78, 5) is 12.0. The van der Waals surface area contributed by atoms with Crippen molar-refractivity contribution >= 4 is 27.5 Å². The lowest BCUT2D eigenvalue weighted by atomic mass is 9.98. The number of fused-ring (bicyclic) bond motifs is 1. The van der Waals surface area contributed by atoms with E-state index in [0.717, 1.165) is 25.0 Å². The number of carbonyl (C=O) groups excluding carboxylic acids is 1. The van der Waals surface area contributed by atoms with Gasteiger partial charge in [-0.3, -0.25) is 4.79 Å². The number of hydrogen-bond donors (Lipinski definition) is 2. The van der Waals surface area contributed by atoms with Crippen LogP contribution in [0.1, 0.15) is 42.9 Å². The Balaban J connectivity index is 1.37. The third-order valence-electron chi connectivity index (χ3n) is 6.55. The van der Waals surface area contributed by atoms with E-state index in [1.54, 1.807) is 6.92 Å². The van der Waals surface area contributed by atoms with Crippen LogP contribution in [0.4, 0.5) is 0 Å². The minimum Gasteiger partial charge on any atom is -0.491 e. The van der Waals surface area contributed by atoms with E-state index in [9.17, 15) is 13.2 Å². The topological polar surface area (TPSA) is 131 Å². The summed E-state index contributed by atoms with van der Waals surface area (Å²) in [5.41, 5.74) is 15.1. The molecule has 0 aromatic heterocycles. The first-order valence-electron chi connectivity index (χ1n) is 12.7. The number of sulfone groups is 1. The molecule has 0 saturated carbocycles. The van der Waals surface area contributed by atoms with Crippen LogP contribution < -0.4 is 16.2 Å². The Labute approximate surface area is 219 Å². The minimum atomic E-state index is -3.43. The average molecular weight is 531 g/mol. The van der Waals surface area contributed by atoms with Crippen LogP contribution in [0, 0.1) is 0 Å². The fourth-order valence-corrected chi connectivity index (χ4v) is 4.94. The molecule has 0 fully saturated rings. The van der Waals surface area contributed by atoms with Gasteiger partial charge in [-0.15, -0.1) is 0 Å². The van der Waals surface area contributed by atoms with E-state index in [0.29, 0.717) is 13.0 Å². The van der Waals surface area contributed by atoms with E-state index < -0.39 is 21.3 Å². The molecule has 0 radical (unpaired) electrons. The fraction of sp³-hybridized carbons (Fsp3) is 0.464. The molecule has 0 amide bonds. The fourth-order valence-electron chi connectivity index (χ4n) is 4.02. The maximum absolute atomic E-state index is 12.2. The van der Waals surface area contributed by atoms with Crippen molar-refractivity contribution in [2.45, 2.75) is 38.1 Å². The number of nitrogens with two attached hydrogens (primary N) is 2. The maximum Gasteiger partial charge on any atom is 0.327 e. The number of esters is 1. The van der Waals surface area contributed by atoms with Crippen molar-refractivity contribution in [3.05, 3.63) is 65.2 Å². The van der Waals surface area contributed by atoms with E-state index in [-0.39, 0.29) is 37.9 Å². The molecule has 1 atom stereocenters. The van der Waals surface area contributed by atoms with Crippen LogP contribution in [-0.4, -0.2) is 64.4 Å². The van der Waals surface area contributed by atoms with Gasteiger partial charge in [-0.05, 0) is 60.1 Å². The zero-order valence-corrected chi connectivity index (χ0v) is 22.3. The average Bonchev–Trinajstić information content (AvgIpc) is 3.12. The lowest BCUT2D eigenvalue weighted by Gasteiger charge is -2.23. The molecule has 9 heteroatoms. The summed E-state index contributed by atoms with van der Waals surface area (Å²) in [7, 11) is -3.43. The van der Waals surface area contributed by atoms with Crippen LogP contribution in [0.2, 0.25) is 0 Å². The van der Waals surface area contributed by atoms with Gasteiger partial charge in [0, 0.05) is 6.54 Å². The monoisotopic (exact) mass is 530 g/mol. The van der Waals surface area contributed by atoms with Crippen molar-refractivity contribution in [1.82, 2.24) is 0 Å². The zero-order chi connectivity index (χ0) is 26.7. The van der Waals surface area contributed by atoms with E-state index in [2.05, 4.69) is 42.5 Å². The molecule has 1 aliphatic carbocycles. The van der Waals surface area contributed by atoms with Crippen LogP contribution >= 0.6 is 0 Å². The Bertz CT molecular complexity index is 1160. The molecule has 2 aromatic carbocycles. The largest absolute Gasteiger partial charge is 0.491 e. The Morgan fingerprint density at radius 3 is 2.49 bits per heavy atom. The highest BCUT2D eigenvalue weighted by Crippen LogP contribution is 2.31. The van der Waals surface area contributed by atoms with Gasteiger partial charge in [0.1, 0.15) is 24.5 Å². The number of hydrogen-bond acceptors (Lipinski definition) is 8. The van der Waals surface area contributed by atoms with E-state index in [4.69, 9.17) is 25.7 Å². The highest BCUT2D eigenvalue weighted by molar-refractivity contribution is 7.91. The van der Waals surface area contributed by atoms with Crippen LogP contribution in [-0.2, 0) is 30.5 Å². The van der Waals surface area contributed by atoms with Crippen LogP contribution in [0.25, 0.3) is 11.6 Å². The number of allylic oxidation sites excluding steroid dienone is 1. The van der Waals surface area contributed by atoms with Crippen LogP contribution in [0.5, 0.6) is 5.75 Å². The van der Waals surface area contributed by atoms with Crippen molar-refractivity contribution in [2.75, 3.05) is 44.5 Å². The normalized spacial score (nSPS) is 15.2. The van der Waals surface area contributed by atoms with E-state index in [1.807, 2.05) is 12.1 Å². The summed E-state index contributed by atoms with van der Waals surface area (Å²) < 4.78 is 40.6. The summed E-state index contributed by atoms with van der Waals surface area (Å²) in [6.07, 6.45) is 5.67. The second-order valence-corrected chi connectivity index (χ2v) is 11.5. The van der Waals surface area contributed by atoms with Crippen molar-refractivity contribution in [2.24, 2.45) is 11.5 Å². The summed E-state index contributed by atoms with van der Waals surface area (Å²) in [6, 6.07) is 16.6. The van der Waals surface area contributed by atoms with Gasteiger partial charge in [0.25, 0.3) is 0 Å². The highest BCUT2D eigenvalue weighted by atomic mass is 32.2. The minimum absolute atomic E-state index is 0.0372. The number of aryl methyl sites for hydroxylation is 1. The summed E-state index contributed by atoms with van der Waals surface area (Å²) in [5.74, 6) is -0.378. The lowest BCUT2D eigenvalue weighted by molar-refractivity contribution is -0.149. The first-order chi connectivity index (χ1) is 17.8. The Morgan fingerprint density at radius 1 is 1.00 bits per heavy atom. The van der Waals surface area contributed by atoms with Crippen molar-refractivity contribution in [1.29, 1.82) is 0 Å². The van der Waals surface area contributed by atoms with Crippen LogP contribution in [0.15, 0.2) is 48.5 Å². The Morgan fingerprint density at radius 2 is 1.76 bits per heavy atom. The molecule has 0 aliphatic heterocycles. The quantitative estimate of drug-likeness (QED) is 0.282. The Kier molecular flexibility index (Phi) is 10.7. The van der Waals surface area contributed by atoms with Gasteiger partial charge in [-0.25, -0.2) is 8.42 Å². The standard InChI is InChI=1S/C28H38N2O6S/c1-2-28(30,21-29)27(31)36-16-18-37(32,33)17-15-34-13-14-35-26-12-11-25-19-23(9-6-10-24(25)20-26)22-7-4-3-5-8-22/h3-5,7-8,11-12,19-20H,2,6,9-10,13-18,21,29-30H2,1H3. The second-order valence-electron chi connectivity index (χ2n) is 9.21. The molecule has 1 aliphatic rings. The van der Waals surface area contributed by atoms with Crippen molar-refractivity contribution < 1.29 is 27.4 Å². The van der Waals surface area contributed by atoms with Gasteiger partial charge in [0.15, 0.2) is 9.84 Å². The molecule has 0 heterocycles. The predicted octanol–water partition coefficient (Wildman–Crippen LogP) is 2.98. The molecule has 0 spiro atoms. The number of carbonyl (C=O) groups is 1. The van der Waals surface area contributed by atoms with Crippen molar-refractivity contribution in [3.8, 4) is 5.75 Å². The number of benzene rings is 2.